The Labute approximate surface area is 189 Å². The van der Waals surface area contributed by atoms with Crippen LogP contribution in [0.4, 0.5) is 0 Å². The Kier molecular flexibility index (Phi) is 7.13. The van der Waals surface area contributed by atoms with E-state index in [1.807, 2.05) is 59.9 Å². The lowest BCUT2D eigenvalue weighted by molar-refractivity contribution is 0.104. The van der Waals surface area contributed by atoms with Crippen LogP contribution in [0.15, 0.2) is 36.4 Å². The molecule has 0 fully saturated rings. The molecular formula is C25H32O3S2. The van der Waals surface area contributed by atoms with Gasteiger partial charge in [0.15, 0.2) is 5.78 Å². The fourth-order valence-electron chi connectivity index (χ4n) is 3.23. The minimum Gasteiger partial charge on any atom is -0.493 e. The summed E-state index contributed by atoms with van der Waals surface area (Å²) in [6.45, 7) is 14.5. The van der Waals surface area contributed by atoms with Gasteiger partial charge in [0.1, 0.15) is 11.5 Å². The molecule has 30 heavy (non-hydrogen) atoms. The molecule has 0 radical (unpaired) electrons. The summed E-state index contributed by atoms with van der Waals surface area (Å²) in [5, 5.41) is 0. The molecule has 0 saturated carbocycles. The van der Waals surface area contributed by atoms with Crippen LogP contribution >= 0.6 is 23.5 Å². The number of fused-ring (bicyclic) bond motifs is 3. The van der Waals surface area contributed by atoms with Crippen molar-refractivity contribution in [3.05, 3.63) is 47.5 Å². The first kappa shape index (κ1) is 23.1. The standard InChI is InChI=1S/C25H32O3S2/c1-24(2,3)29-13-11-27-17-7-9-19-20-10-8-18(28-12-14-30-25(4,5)6)16-22(20)23(26)21(19)15-17/h7-10,15-16H,11-14H2,1-6H3. The smallest absolute Gasteiger partial charge is 0.194 e. The topological polar surface area (TPSA) is 35.5 Å². The van der Waals surface area contributed by atoms with Crippen molar-refractivity contribution in [3.63, 3.8) is 0 Å². The van der Waals surface area contributed by atoms with Crippen molar-refractivity contribution in [3.8, 4) is 22.6 Å². The van der Waals surface area contributed by atoms with Gasteiger partial charge >= 0.3 is 0 Å². The van der Waals surface area contributed by atoms with E-state index in [1.54, 1.807) is 0 Å². The molecule has 0 N–H and O–H groups in total. The molecule has 1 aliphatic rings. The summed E-state index contributed by atoms with van der Waals surface area (Å²) in [4.78, 5) is 13.0. The molecule has 2 aromatic carbocycles. The summed E-state index contributed by atoms with van der Waals surface area (Å²) >= 11 is 3.74. The fourth-order valence-corrected chi connectivity index (χ4v) is 4.79. The minimum absolute atomic E-state index is 0.0454. The molecule has 0 aromatic heterocycles. The molecule has 0 atom stereocenters. The normalized spacial score (nSPS) is 13.2. The number of benzene rings is 2. The lowest BCUT2D eigenvalue weighted by Crippen LogP contribution is -2.11. The van der Waals surface area contributed by atoms with Crippen molar-refractivity contribution in [2.75, 3.05) is 24.7 Å². The largest absolute Gasteiger partial charge is 0.493 e. The van der Waals surface area contributed by atoms with Crippen molar-refractivity contribution in [1.82, 2.24) is 0 Å². The number of rotatable bonds is 8. The van der Waals surface area contributed by atoms with E-state index in [1.165, 1.54) is 0 Å². The van der Waals surface area contributed by atoms with Gasteiger partial charge in [-0.05, 0) is 47.5 Å². The third-order valence-electron chi connectivity index (χ3n) is 4.54. The predicted octanol–water partition coefficient (Wildman–Crippen LogP) is 6.72. The second-order valence-corrected chi connectivity index (χ2v) is 13.2. The van der Waals surface area contributed by atoms with E-state index in [4.69, 9.17) is 9.47 Å². The van der Waals surface area contributed by atoms with Gasteiger partial charge in [0.25, 0.3) is 0 Å². The van der Waals surface area contributed by atoms with Crippen LogP contribution in [-0.2, 0) is 0 Å². The zero-order valence-corrected chi connectivity index (χ0v) is 20.5. The van der Waals surface area contributed by atoms with E-state index in [-0.39, 0.29) is 15.3 Å². The molecule has 0 saturated heterocycles. The molecular weight excluding hydrogens is 412 g/mol. The van der Waals surface area contributed by atoms with Gasteiger partial charge in [0.2, 0.25) is 0 Å². The van der Waals surface area contributed by atoms with Crippen LogP contribution in [0.1, 0.15) is 57.5 Å². The maximum atomic E-state index is 13.0. The highest BCUT2D eigenvalue weighted by molar-refractivity contribution is 8.00. The van der Waals surface area contributed by atoms with Crippen LogP contribution < -0.4 is 9.47 Å². The van der Waals surface area contributed by atoms with Crippen molar-refractivity contribution in [2.45, 2.75) is 51.0 Å². The molecule has 1 aliphatic carbocycles. The Bertz CT molecular complexity index is 834. The van der Waals surface area contributed by atoms with Crippen LogP contribution in [0.2, 0.25) is 0 Å². The summed E-state index contributed by atoms with van der Waals surface area (Å²) < 4.78 is 12.2. The Balaban J connectivity index is 1.63. The summed E-state index contributed by atoms with van der Waals surface area (Å²) in [5.74, 6) is 3.38. The van der Waals surface area contributed by atoms with Crippen LogP contribution in [-0.4, -0.2) is 40.0 Å². The Morgan fingerprint density at radius 3 is 1.43 bits per heavy atom. The predicted molar refractivity (Wildman–Crippen MR) is 131 cm³/mol. The van der Waals surface area contributed by atoms with Crippen LogP contribution in [0.3, 0.4) is 0 Å². The third kappa shape index (κ3) is 6.21. The van der Waals surface area contributed by atoms with E-state index < -0.39 is 0 Å². The molecule has 5 heteroatoms. The van der Waals surface area contributed by atoms with Crippen LogP contribution in [0.25, 0.3) is 11.1 Å². The zero-order chi connectivity index (χ0) is 21.9. The SMILES string of the molecule is CC(C)(C)SCCOc1ccc2c(c1)C(=O)c1cc(OCCSC(C)(C)C)ccc1-2. The second kappa shape index (κ2) is 9.27. The van der Waals surface area contributed by atoms with Gasteiger partial charge in [-0.15, -0.1) is 0 Å². The van der Waals surface area contributed by atoms with Gasteiger partial charge in [-0.3, -0.25) is 4.79 Å². The zero-order valence-electron chi connectivity index (χ0n) is 18.8. The highest BCUT2D eigenvalue weighted by Gasteiger charge is 2.27. The van der Waals surface area contributed by atoms with Crippen LogP contribution in [0.5, 0.6) is 11.5 Å². The van der Waals surface area contributed by atoms with E-state index in [9.17, 15) is 4.79 Å². The monoisotopic (exact) mass is 444 g/mol. The summed E-state index contributed by atoms with van der Waals surface area (Å²) in [6.07, 6.45) is 0. The number of ketones is 1. The van der Waals surface area contributed by atoms with Gasteiger partial charge in [-0.2, -0.15) is 23.5 Å². The molecule has 3 rings (SSSR count). The van der Waals surface area contributed by atoms with Crippen molar-refractivity contribution in [2.24, 2.45) is 0 Å². The molecule has 162 valence electrons. The van der Waals surface area contributed by atoms with Gasteiger partial charge in [0, 0.05) is 32.1 Å². The van der Waals surface area contributed by atoms with Gasteiger partial charge in [-0.25, -0.2) is 0 Å². The summed E-state index contributed by atoms with van der Waals surface area (Å²) in [7, 11) is 0. The first-order chi connectivity index (χ1) is 14.0. The number of hydrogen-bond donors (Lipinski definition) is 0. The first-order valence-corrected chi connectivity index (χ1v) is 12.4. The molecule has 0 spiro atoms. The quantitative estimate of drug-likeness (QED) is 0.360. The minimum atomic E-state index is 0.0454. The third-order valence-corrected chi connectivity index (χ3v) is 7.01. The average molecular weight is 445 g/mol. The Morgan fingerprint density at radius 2 is 1.07 bits per heavy atom. The summed E-state index contributed by atoms with van der Waals surface area (Å²) in [6, 6.07) is 11.6. The number of carbonyl (C=O) groups is 1. The molecule has 0 heterocycles. The lowest BCUT2D eigenvalue weighted by atomic mass is 10.1. The Morgan fingerprint density at radius 1 is 0.667 bits per heavy atom. The van der Waals surface area contributed by atoms with Crippen molar-refractivity contribution < 1.29 is 14.3 Å². The number of ether oxygens (including phenoxy) is 2. The molecule has 0 unspecified atom stereocenters. The molecule has 2 aromatic rings. The molecule has 3 nitrogen and oxygen atoms in total. The summed E-state index contributed by atoms with van der Waals surface area (Å²) in [5.41, 5.74) is 3.38. The average Bonchev–Trinajstić information content (AvgIpc) is 2.93. The first-order valence-electron chi connectivity index (χ1n) is 10.4. The maximum Gasteiger partial charge on any atom is 0.194 e. The highest BCUT2D eigenvalue weighted by Crippen LogP contribution is 2.40. The van der Waals surface area contributed by atoms with Gasteiger partial charge in [-0.1, -0.05) is 41.5 Å². The van der Waals surface area contributed by atoms with Crippen molar-refractivity contribution >= 4 is 29.3 Å². The van der Waals surface area contributed by atoms with Gasteiger partial charge in [0.05, 0.1) is 13.2 Å². The molecule has 0 aliphatic heterocycles. The van der Waals surface area contributed by atoms with E-state index in [2.05, 4.69) is 41.5 Å². The number of carbonyl (C=O) groups excluding carboxylic acids is 1. The van der Waals surface area contributed by atoms with Gasteiger partial charge < -0.3 is 9.47 Å². The molecule has 0 amide bonds. The van der Waals surface area contributed by atoms with E-state index in [0.29, 0.717) is 24.3 Å². The second-order valence-electron chi connectivity index (χ2n) is 9.36. The van der Waals surface area contributed by atoms with E-state index in [0.717, 1.165) is 34.1 Å². The highest BCUT2D eigenvalue weighted by atomic mass is 32.2. The number of thioether (sulfide) groups is 2. The fraction of sp³-hybridized carbons (Fsp3) is 0.480. The molecule has 0 bridgehead atoms. The maximum absolute atomic E-state index is 13.0. The Hall–Kier alpha value is -1.59. The lowest BCUT2D eigenvalue weighted by Gasteiger charge is -2.17. The van der Waals surface area contributed by atoms with E-state index >= 15 is 0 Å². The van der Waals surface area contributed by atoms with Crippen LogP contribution in [0, 0.1) is 0 Å². The van der Waals surface area contributed by atoms with Crippen molar-refractivity contribution in [1.29, 1.82) is 0 Å². The number of hydrogen-bond acceptors (Lipinski definition) is 5.